The molecule has 6 aromatic rings. The maximum absolute atomic E-state index is 6.52. The molecule has 0 unspecified atom stereocenters. The van der Waals surface area contributed by atoms with Crippen LogP contribution in [0.1, 0.15) is 28.4 Å². The van der Waals surface area contributed by atoms with Gasteiger partial charge in [-0.15, -0.1) is 5.10 Å². The third-order valence-electron chi connectivity index (χ3n) is 7.31. The van der Waals surface area contributed by atoms with Crippen LogP contribution in [0.4, 0.5) is 0 Å². The van der Waals surface area contributed by atoms with Crippen molar-refractivity contribution in [2.45, 2.75) is 12.5 Å². The first-order chi connectivity index (χ1) is 20.2. The van der Waals surface area contributed by atoms with Crippen LogP contribution in [-0.4, -0.2) is 40.9 Å². The molecule has 9 heteroatoms. The number of benzene rings is 4. The van der Waals surface area contributed by atoms with E-state index in [1.807, 2.05) is 54.6 Å². The van der Waals surface area contributed by atoms with Crippen LogP contribution in [0.5, 0.6) is 34.6 Å². The monoisotopic (exact) mass is 546 g/mol. The molecule has 1 aliphatic rings. The molecule has 0 fully saturated rings. The molecule has 41 heavy (non-hydrogen) atoms. The Kier molecular flexibility index (Phi) is 6.04. The minimum Gasteiger partial charge on any atom is -0.497 e. The number of hydrogen-bond donors (Lipinski definition) is 0. The minimum absolute atomic E-state index is 0.186. The highest BCUT2D eigenvalue weighted by molar-refractivity contribution is 5.91. The van der Waals surface area contributed by atoms with Crippen LogP contribution in [0, 0.1) is 0 Å². The Morgan fingerprint density at radius 2 is 1.63 bits per heavy atom. The quantitative estimate of drug-likeness (QED) is 0.235. The van der Waals surface area contributed by atoms with Crippen LogP contribution >= 0.6 is 0 Å². The zero-order valence-corrected chi connectivity index (χ0v) is 22.7. The lowest BCUT2D eigenvalue weighted by Crippen LogP contribution is -2.15. The molecule has 3 heterocycles. The molecule has 9 nitrogen and oxygen atoms in total. The summed E-state index contributed by atoms with van der Waals surface area (Å²) in [7, 11) is 4.89. The first kappa shape index (κ1) is 24.7. The van der Waals surface area contributed by atoms with E-state index < -0.39 is 0 Å². The van der Waals surface area contributed by atoms with Crippen LogP contribution < -0.4 is 23.7 Å². The Morgan fingerprint density at radius 1 is 0.829 bits per heavy atom. The molecule has 4 aromatic carbocycles. The van der Waals surface area contributed by atoms with E-state index in [4.69, 9.17) is 28.7 Å². The van der Waals surface area contributed by atoms with Crippen LogP contribution in [0.3, 0.4) is 0 Å². The molecule has 1 aliphatic heterocycles. The number of methoxy groups -OCH3 is 3. The largest absolute Gasteiger partial charge is 0.497 e. The van der Waals surface area contributed by atoms with Crippen molar-refractivity contribution in [2.75, 3.05) is 21.3 Å². The molecule has 0 saturated carbocycles. The molecule has 1 atom stereocenters. The maximum Gasteiger partial charge on any atom is 0.228 e. The Morgan fingerprint density at radius 3 is 2.44 bits per heavy atom. The van der Waals surface area contributed by atoms with Gasteiger partial charge in [-0.05, 0) is 47.3 Å². The van der Waals surface area contributed by atoms with E-state index in [1.54, 1.807) is 32.2 Å². The van der Waals surface area contributed by atoms with Crippen molar-refractivity contribution in [2.24, 2.45) is 0 Å². The Balaban J connectivity index is 1.36. The maximum atomic E-state index is 6.52. The number of ether oxygens (including phenoxy) is 5. The standard InChI is InChI=1S/C32H26N4O5/c1-37-21-10-12-22(13-11-21)40-17-27-34-31-29-28(20-9-15-25(38-2)26(16-20)39-3)24-14-8-19-6-4-5-7-23(19)30(24)41-32(29)33-18-36(31)35-27/h4-16,18,28H,17H2,1-3H3/t28-/m0/s1. The SMILES string of the molecule is COc1ccc(OCc2nc3c4c(ncn3n2)Oc2c(ccc3ccccc23)[C@@H]4c2ccc(OC)c(OC)c2)cc1. The number of hydrogen-bond acceptors (Lipinski definition) is 8. The predicted molar refractivity (Wildman–Crippen MR) is 153 cm³/mol. The van der Waals surface area contributed by atoms with Crippen LogP contribution in [0.2, 0.25) is 0 Å². The second-order valence-electron chi connectivity index (χ2n) is 9.58. The average molecular weight is 547 g/mol. The van der Waals surface area contributed by atoms with E-state index in [0.717, 1.165) is 39.0 Å². The molecular formula is C32H26N4O5. The zero-order valence-electron chi connectivity index (χ0n) is 22.7. The summed E-state index contributed by atoms with van der Waals surface area (Å²) in [6, 6.07) is 25.7. The third-order valence-corrected chi connectivity index (χ3v) is 7.31. The van der Waals surface area contributed by atoms with Crippen molar-refractivity contribution < 1.29 is 23.7 Å². The molecule has 0 bridgehead atoms. The Labute approximate surface area is 235 Å². The fraction of sp³-hybridized carbons (Fsp3) is 0.156. The molecule has 0 N–H and O–H groups in total. The average Bonchev–Trinajstić information content (AvgIpc) is 3.46. The van der Waals surface area contributed by atoms with Gasteiger partial charge in [-0.25, -0.2) is 14.5 Å². The first-order valence-electron chi connectivity index (χ1n) is 13.1. The van der Waals surface area contributed by atoms with Gasteiger partial charge in [-0.2, -0.15) is 0 Å². The van der Waals surface area contributed by atoms with Gasteiger partial charge in [0.15, 0.2) is 23.0 Å². The molecular weight excluding hydrogens is 520 g/mol. The molecule has 204 valence electrons. The number of rotatable bonds is 7. The smallest absolute Gasteiger partial charge is 0.228 e. The fourth-order valence-corrected chi connectivity index (χ4v) is 5.35. The highest BCUT2D eigenvalue weighted by atomic mass is 16.5. The summed E-state index contributed by atoms with van der Waals surface area (Å²) in [5.41, 5.74) is 3.43. The van der Waals surface area contributed by atoms with E-state index in [9.17, 15) is 0 Å². The van der Waals surface area contributed by atoms with Crippen molar-refractivity contribution in [3.63, 3.8) is 0 Å². The van der Waals surface area contributed by atoms with Gasteiger partial charge in [0.2, 0.25) is 5.88 Å². The predicted octanol–water partition coefficient (Wildman–Crippen LogP) is 6.17. The van der Waals surface area contributed by atoms with E-state index >= 15 is 0 Å². The second kappa shape index (κ2) is 10.0. The van der Waals surface area contributed by atoms with Gasteiger partial charge in [0.1, 0.15) is 30.2 Å². The molecule has 0 radical (unpaired) electrons. The summed E-state index contributed by atoms with van der Waals surface area (Å²) in [5.74, 6) is 4.26. The first-order valence-corrected chi connectivity index (χ1v) is 13.1. The summed E-state index contributed by atoms with van der Waals surface area (Å²) in [6.07, 6.45) is 1.62. The molecule has 2 aromatic heterocycles. The van der Waals surface area contributed by atoms with Crippen molar-refractivity contribution >= 4 is 16.4 Å². The molecule has 0 spiro atoms. The number of nitrogens with zero attached hydrogens (tertiary/aromatic N) is 4. The lowest BCUT2D eigenvalue weighted by atomic mass is 9.82. The fourth-order valence-electron chi connectivity index (χ4n) is 5.35. The Hall–Kier alpha value is -5.31. The minimum atomic E-state index is -0.256. The van der Waals surface area contributed by atoms with Gasteiger partial charge in [0.05, 0.1) is 26.9 Å². The summed E-state index contributed by atoms with van der Waals surface area (Å²) in [4.78, 5) is 9.57. The van der Waals surface area contributed by atoms with E-state index in [2.05, 4.69) is 34.3 Å². The van der Waals surface area contributed by atoms with Gasteiger partial charge in [-0.1, -0.05) is 42.5 Å². The molecule has 7 rings (SSSR count). The zero-order chi connectivity index (χ0) is 27.9. The lowest BCUT2D eigenvalue weighted by molar-refractivity contribution is 0.295. The molecule has 0 amide bonds. The van der Waals surface area contributed by atoms with E-state index in [0.29, 0.717) is 34.6 Å². The van der Waals surface area contributed by atoms with Crippen LogP contribution in [0.25, 0.3) is 16.4 Å². The molecule has 0 saturated heterocycles. The van der Waals surface area contributed by atoms with Gasteiger partial charge in [0, 0.05) is 16.9 Å². The van der Waals surface area contributed by atoms with E-state index in [1.165, 1.54) is 0 Å². The Bertz CT molecular complexity index is 1900. The number of aromatic nitrogens is 4. The van der Waals surface area contributed by atoms with Gasteiger partial charge in [0.25, 0.3) is 0 Å². The van der Waals surface area contributed by atoms with Crippen molar-refractivity contribution in [1.29, 1.82) is 0 Å². The lowest BCUT2D eigenvalue weighted by Gasteiger charge is -2.29. The highest BCUT2D eigenvalue weighted by Crippen LogP contribution is 2.51. The van der Waals surface area contributed by atoms with Gasteiger partial charge in [-0.3, -0.25) is 0 Å². The van der Waals surface area contributed by atoms with Crippen molar-refractivity contribution in [1.82, 2.24) is 19.6 Å². The van der Waals surface area contributed by atoms with Crippen molar-refractivity contribution in [3.05, 3.63) is 108 Å². The van der Waals surface area contributed by atoms with Crippen LogP contribution in [-0.2, 0) is 6.61 Å². The summed E-state index contributed by atoms with van der Waals surface area (Å²) in [5, 5.41) is 6.76. The highest BCUT2D eigenvalue weighted by Gasteiger charge is 2.34. The number of fused-ring (bicyclic) bond motifs is 6. The third kappa shape index (κ3) is 4.22. The van der Waals surface area contributed by atoms with Crippen molar-refractivity contribution in [3.8, 4) is 34.6 Å². The molecule has 0 aliphatic carbocycles. The normalized spacial score (nSPS) is 13.8. The van der Waals surface area contributed by atoms with Gasteiger partial charge < -0.3 is 23.7 Å². The summed E-state index contributed by atoms with van der Waals surface area (Å²) >= 11 is 0. The van der Waals surface area contributed by atoms with Crippen LogP contribution in [0.15, 0.2) is 85.2 Å². The summed E-state index contributed by atoms with van der Waals surface area (Å²) in [6.45, 7) is 0.186. The van der Waals surface area contributed by atoms with E-state index in [-0.39, 0.29) is 12.5 Å². The second-order valence-corrected chi connectivity index (χ2v) is 9.58. The summed E-state index contributed by atoms with van der Waals surface area (Å²) < 4.78 is 30.6. The van der Waals surface area contributed by atoms with Gasteiger partial charge >= 0.3 is 0 Å². The topological polar surface area (TPSA) is 89.2 Å².